The molecular formula is C19H19FN2S. The van der Waals surface area contributed by atoms with Gasteiger partial charge in [-0.25, -0.2) is 4.39 Å². The van der Waals surface area contributed by atoms with Gasteiger partial charge < -0.3 is 9.80 Å². The van der Waals surface area contributed by atoms with E-state index < -0.39 is 0 Å². The van der Waals surface area contributed by atoms with Crippen molar-refractivity contribution in [2.24, 2.45) is 0 Å². The molecule has 0 saturated carbocycles. The Hall–Kier alpha value is -1.65. The largest absolute Gasteiger partial charge is 0.367 e. The van der Waals surface area contributed by atoms with E-state index in [0.29, 0.717) is 6.04 Å². The van der Waals surface area contributed by atoms with Gasteiger partial charge in [0.15, 0.2) is 0 Å². The highest BCUT2D eigenvalue weighted by Crippen LogP contribution is 2.37. The van der Waals surface area contributed by atoms with Gasteiger partial charge in [-0.3, -0.25) is 0 Å². The van der Waals surface area contributed by atoms with E-state index in [2.05, 4.69) is 28.0 Å². The minimum absolute atomic E-state index is 0.150. The van der Waals surface area contributed by atoms with Gasteiger partial charge >= 0.3 is 0 Å². The molecule has 2 aromatic carbocycles. The molecule has 0 unspecified atom stereocenters. The number of hydrogen-bond donors (Lipinski definition) is 0. The van der Waals surface area contributed by atoms with Crippen LogP contribution in [0.15, 0.2) is 36.4 Å². The molecule has 0 atom stereocenters. The first-order valence-electron chi connectivity index (χ1n) is 8.39. The molecule has 0 N–H and O–H groups in total. The molecule has 4 heteroatoms. The lowest BCUT2D eigenvalue weighted by atomic mass is 10.0. The summed E-state index contributed by atoms with van der Waals surface area (Å²) >= 11 is 1.70. The minimum Gasteiger partial charge on any atom is -0.367 e. The molecule has 1 aromatic heterocycles. The van der Waals surface area contributed by atoms with Gasteiger partial charge in [0.05, 0.1) is 0 Å². The summed E-state index contributed by atoms with van der Waals surface area (Å²) in [6.45, 7) is 4.78. The van der Waals surface area contributed by atoms with E-state index in [4.69, 9.17) is 0 Å². The SMILES string of the molecule is Fc1ccc2c(c1)sc1cc(N3CCN4CCC3CC4)ccc12. The minimum atomic E-state index is -0.150. The topological polar surface area (TPSA) is 6.48 Å². The zero-order chi connectivity index (χ0) is 15.4. The monoisotopic (exact) mass is 326 g/mol. The standard InChI is InChI=1S/C19H19FN2S/c20-13-1-3-16-17-4-2-15(12-19(17)23-18(16)11-13)22-10-9-21-7-5-14(22)6-8-21/h1-4,11-12,14H,5-10H2. The fourth-order valence-electron chi connectivity index (χ4n) is 4.14. The molecule has 3 aromatic rings. The molecule has 2 bridgehead atoms. The second-order valence-electron chi connectivity index (χ2n) is 6.69. The lowest BCUT2D eigenvalue weighted by Crippen LogP contribution is -2.37. The Morgan fingerprint density at radius 2 is 1.61 bits per heavy atom. The number of piperidine rings is 1. The van der Waals surface area contributed by atoms with Crippen LogP contribution in [0, 0.1) is 5.82 Å². The number of halogens is 1. The van der Waals surface area contributed by atoms with Gasteiger partial charge in [0.25, 0.3) is 0 Å². The molecule has 6 rings (SSSR count). The highest BCUT2D eigenvalue weighted by molar-refractivity contribution is 7.25. The zero-order valence-corrected chi connectivity index (χ0v) is 13.8. The summed E-state index contributed by atoms with van der Waals surface area (Å²) in [4.78, 5) is 5.18. The van der Waals surface area contributed by atoms with Crippen LogP contribution in [0.25, 0.3) is 20.2 Å². The van der Waals surface area contributed by atoms with Crippen LogP contribution >= 0.6 is 11.3 Å². The number of benzene rings is 2. The highest BCUT2D eigenvalue weighted by atomic mass is 32.1. The third-order valence-corrected chi connectivity index (χ3v) is 6.52. The number of anilines is 1. The Kier molecular flexibility index (Phi) is 3.10. The number of thiophene rings is 1. The summed E-state index contributed by atoms with van der Waals surface area (Å²) < 4.78 is 15.8. The number of rotatable bonds is 1. The predicted octanol–water partition coefficient (Wildman–Crippen LogP) is 4.48. The van der Waals surface area contributed by atoms with E-state index in [-0.39, 0.29) is 5.82 Å². The third-order valence-electron chi connectivity index (χ3n) is 5.41. The van der Waals surface area contributed by atoms with Crippen molar-refractivity contribution in [3.8, 4) is 0 Å². The summed E-state index contributed by atoms with van der Waals surface area (Å²) in [5, 5.41) is 2.41. The second kappa shape index (κ2) is 5.18. The average Bonchev–Trinajstić information content (AvgIpc) is 2.71. The van der Waals surface area contributed by atoms with Crippen molar-refractivity contribution >= 4 is 37.2 Å². The first-order chi connectivity index (χ1) is 11.3. The van der Waals surface area contributed by atoms with E-state index in [0.717, 1.165) is 11.2 Å². The molecule has 4 heterocycles. The van der Waals surface area contributed by atoms with Crippen LogP contribution in [0.2, 0.25) is 0 Å². The Morgan fingerprint density at radius 1 is 0.870 bits per heavy atom. The van der Waals surface area contributed by atoms with Crippen LogP contribution in [0.3, 0.4) is 0 Å². The fraction of sp³-hybridized carbons (Fsp3) is 0.368. The molecule has 3 fully saturated rings. The average molecular weight is 326 g/mol. The zero-order valence-electron chi connectivity index (χ0n) is 13.0. The summed E-state index contributed by atoms with van der Waals surface area (Å²) in [6, 6.07) is 12.6. The molecule has 23 heavy (non-hydrogen) atoms. The molecule has 0 radical (unpaired) electrons. The predicted molar refractivity (Wildman–Crippen MR) is 96.1 cm³/mol. The van der Waals surface area contributed by atoms with Gasteiger partial charge in [-0.1, -0.05) is 12.1 Å². The maximum Gasteiger partial charge on any atom is 0.124 e. The van der Waals surface area contributed by atoms with Crippen LogP contribution in [0.4, 0.5) is 10.1 Å². The van der Waals surface area contributed by atoms with Gasteiger partial charge in [-0.15, -0.1) is 11.3 Å². The van der Waals surface area contributed by atoms with E-state index in [1.165, 1.54) is 53.6 Å². The lowest BCUT2D eigenvalue weighted by molar-refractivity contribution is 0.250. The fourth-order valence-corrected chi connectivity index (χ4v) is 5.31. The molecule has 0 spiro atoms. The van der Waals surface area contributed by atoms with Crippen molar-refractivity contribution in [3.63, 3.8) is 0 Å². The maximum absolute atomic E-state index is 13.5. The van der Waals surface area contributed by atoms with E-state index in [9.17, 15) is 4.39 Å². The van der Waals surface area contributed by atoms with Crippen LogP contribution in [0.5, 0.6) is 0 Å². The number of fused-ring (bicyclic) bond motifs is 7. The highest BCUT2D eigenvalue weighted by Gasteiger charge is 2.29. The van der Waals surface area contributed by atoms with Crippen molar-refractivity contribution < 1.29 is 4.39 Å². The van der Waals surface area contributed by atoms with Gasteiger partial charge in [-0.05, 0) is 37.1 Å². The molecule has 3 saturated heterocycles. The normalized spacial score (nSPS) is 24.5. The number of hydrogen-bond acceptors (Lipinski definition) is 3. The van der Waals surface area contributed by atoms with E-state index in [1.54, 1.807) is 23.5 Å². The summed E-state index contributed by atoms with van der Waals surface area (Å²) in [7, 11) is 0. The van der Waals surface area contributed by atoms with Crippen molar-refractivity contribution in [3.05, 3.63) is 42.2 Å². The molecule has 0 amide bonds. The van der Waals surface area contributed by atoms with Crippen molar-refractivity contribution in [1.29, 1.82) is 0 Å². The smallest absolute Gasteiger partial charge is 0.124 e. The van der Waals surface area contributed by atoms with E-state index >= 15 is 0 Å². The van der Waals surface area contributed by atoms with Crippen molar-refractivity contribution in [1.82, 2.24) is 4.90 Å². The molecule has 2 nitrogen and oxygen atoms in total. The number of nitrogens with zero attached hydrogens (tertiary/aromatic N) is 2. The van der Waals surface area contributed by atoms with Crippen molar-refractivity contribution in [2.75, 3.05) is 31.1 Å². The van der Waals surface area contributed by atoms with Crippen LogP contribution in [-0.2, 0) is 0 Å². The van der Waals surface area contributed by atoms with Gasteiger partial charge in [0.1, 0.15) is 5.82 Å². The Labute approximate surface area is 139 Å². The van der Waals surface area contributed by atoms with E-state index in [1.807, 2.05) is 6.07 Å². The molecule has 0 aliphatic carbocycles. The second-order valence-corrected chi connectivity index (χ2v) is 7.77. The van der Waals surface area contributed by atoms with Gasteiger partial charge in [-0.2, -0.15) is 0 Å². The Balaban J connectivity index is 1.61. The van der Waals surface area contributed by atoms with Crippen LogP contribution in [-0.4, -0.2) is 37.1 Å². The first kappa shape index (κ1) is 13.8. The Bertz CT molecular complexity index is 880. The van der Waals surface area contributed by atoms with Gasteiger partial charge in [0, 0.05) is 58.1 Å². The third kappa shape index (κ3) is 2.24. The van der Waals surface area contributed by atoms with Crippen LogP contribution < -0.4 is 4.90 Å². The molecule has 3 aliphatic heterocycles. The lowest BCUT2D eigenvalue weighted by Gasteiger charge is -2.33. The summed E-state index contributed by atoms with van der Waals surface area (Å²) in [5.41, 5.74) is 1.33. The maximum atomic E-state index is 13.5. The quantitative estimate of drug-likeness (QED) is 0.650. The molecule has 3 aliphatic rings. The van der Waals surface area contributed by atoms with Gasteiger partial charge in [0.2, 0.25) is 0 Å². The summed E-state index contributed by atoms with van der Waals surface area (Å²) in [5.74, 6) is -0.150. The van der Waals surface area contributed by atoms with Crippen LogP contribution in [0.1, 0.15) is 12.8 Å². The molecule has 118 valence electrons. The Morgan fingerprint density at radius 3 is 2.43 bits per heavy atom. The first-order valence-corrected chi connectivity index (χ1v) is 9.20. The molecular weight excluding hydrogens is 307 g/mol. The van der Waals surface area contributed by atoms with Crippen molar-refractivity contribution in [2.45, 2.75) is 18.9 Å². The summed E-state index contributed by atoms with van der Waals surface area (Å²) in [6.07, 6.45) is 2.55.